The lowest BCUT2D eigenvalue weighted by atomic mass is 9.82. The Bertz CT molecular complexity index is 601. The molecule has 2 aliphatic rings. The molecular weight excluding hydrogens is 332 g/mol. The van der Waals surface area contributed by atoms with E-state index in [0.29, 0.717) is 24.8 Å². The minimum absolute atomic E-state index is 0.0690. The number of nitrogens with two attached hydrogens (primary N) is 1. The highest BCUT2D eigenvalue weighted by Gasteiger charge is 2.34. The third-order valence-electron chi connectivity index (χ3n) is 5.79. The summed E-state index contributed by atoms with van der Waals surface area (Å²) >= 11 is 0. The van der Waals surface area contributed by atoms with Crippen LogP contribution in [0.1, 0.15) is 50.0 Å². The van der Waals surface area contributed by atoms with Gasteiger partial charge in [-0.05, 0) is 56.1 Å². The number of methoxy groups -OCH3 is 1. The van der Waals surface area contributed by atoms with Crippen LogP contribution in [-0.4, -0.2) is 54.5 Å². The molecule has 0 unspecified atom stereocenters. The number of ether oxygens (including phenoxy) is 2. The summed E-state index contributed by atoms with van der Waals surface area (Å²) in [4.78, 5) is 13.7. The standard InChI is InChI=1S/C20H30N2O4/c1-25-20(24)22-12-4-6-17(21)18(22)13-26-15-10-8-14(9-11-15)16-5-2-3-7-19(16)23/h2-3,5,7,14-15,17-18,23H,4,6,8-13,21H2,1H3/t14?,15?,17-,18-/m0/s1. The number of nitrogens with zero attached hydrogens (tertiary/aromatic N) is 1. The van der Waals surface area contributed by atoms with Gasteiger partial charge in [-0.1, -0.05) is 18.2 Å². The third kappa shape index (κ3) is 4.30. The molecule has 6 heteroatoms. The second-order valence-corrected chi connectivity index (χ2v) is 7.40. The summed E-state index contributed by atoms with van der Waals surface area (Å²) in [6, 6.07) is 7.41. The van der Waals surface area contributed by atoms with E-state index in [4.69, 9.17) is 15.2 Å². The number of carbonyl (C=O) groups is 1. The average molecular weight is 362 g/mol. The first-order valence-electron chi connectivity index (χ1n) is 9.59. The maximum Gasteiger partial charge on any atom is 0.409 e. The average Bonchev–Trinajstić information content (AvgIpc) is 2.67. The highest BCUT2D eigenvalue weighted by atomic mass is 16.5. The number of para-hydroxylation sites is 1. The number of likely N-dealkylation sites (tertiary alicyclic amines) is 1. The second-order valence-electron chi connectivity index (χ2n) is 7.40. The van der Waals surface area contributed by atoms with E-state index in [1.165, 1.54) is 7.11 Å². The van der Waals surface area contributed by atoms with Crippen molar-refractivity contribution in [2.45, 2.75) is 62.6 Å². The van der Waals surface area contributed by atoms with E-state index in [0.717, 1.165) is 44.1 Å². The molecule has 1 aromatic rings. The molecule has 144 valence electrons. The molecule has 3 rings (SSSR count). The van der Waals surface area contributed by atoms with Crippen molar-refractivity contribution in [3.05, 3.63) is 29.8 Å². The van der Waals surface area contributed by atoms with Crippen molar-refractivity contribution in [2.75, 3.05) is 20.3 Å². The van der Waals surface area contributed by atoms with Gasteiger partial charge in [0.1, 0.15) is 5.75 Å². The third-order valence-corrected chi connectivity index (χ3v) is 5.79. The van der Waals surface area contributed by atoms with Gasteiger partial charge in [0.25, 0.3) is 0 Å². The molecule has 0 bridgehead atoms. The first-order chi connectivity index (χ1) is 12.6. The normalized spacial score (nSPS) is 29.4. The maximum atomic E-state index is 12.0. The lowest BCUT2D eigenvalue weighted by molar-refractivity contribution is -0.0230. The summed E-state index contributed by atoms with van der Waals surface area (Å²) in [6.45, 7) is 1.14. The molecule has 1 saturated heterocycles. The van der Waals surface area contributed by atoms with Crippen molar-refractivity contribution in [2.24, 2.45) is 5.73 Å². The monoisotopic (exact) mass is 362 g/mol. The lowest BCUT2D eigenvalue weighted by Gasteiger charge is -2.39. The van der Waals surface area contributed by atoms with Gasteiger partial charge in [-0.25, -0.2) is 4.79 Å². The number of phenols is 1. The number of benzene rings is 1. The molecule has 6 nitrogen and oxygen atoms in total. The van der Waals surface area contributed by atoms with Gasteiger partial charge in [0.2, 0.25) is 0 Å². The largest absolute Gasteiger partial charge is 0.508 e. The molecule has 3 N–H and O–H groups in total. The van der Waals surface area contributed by atoms with Crippen molar-refractivity contribution in [3.8, 4) is 5.75 Å². The van der Waals surface area contributed by atoms with E-state index in [9.17, 15) is 9.90 Å². The Labute approximate surface area is 155 Å². The predicted molar refractivity (Wildman–Crippen MR) is 99.2 cm³/mol. The minimum atomic E-state index is -0.322. The van der Waals surface area contributed by atoms with Gasteiger partial charge in [0, 0.05) is 12.6 Å². The molecule has 0 radical (unpaired) electrons. The highest BCUT2D eigenvalue weighted by molar-refractivity contribution is 5.68. The zero-order valence-electron chi connectivity index (χ0n) is 15.5. The summed E-state index contributed by atoms with van der Waals surface area (Å²) in [5, 5.41) is 10.0. The molecule has 1 amide bonds. The predicted octanol–water partition coefficient (Wildman–Crippen LogP) is 2.99. The van der Waals surface area contributed by atoms with Crippen LogP contribution in [0.4, 0.5) is 4.79 Å². The minimum Gasteiger partial charge on any atom is -0.508 e. The zero-order chi connectivity index (χ0) is 18.5. The van der Waals surface area contributed by atoms with Crippen LogP contribution < -0.4 is 5.73 Å². The van der Waals surface area contributed by atoms with E-state index in [2.05, 4.69) is 0 Å². The van der Waals surface area contributed by atoms with Crippen molar-refractivity contribution in [3.63, 3.8) is 0 Å². The number of piperidine rings is 1. The molecule has 2 atom stereocenters. The molecule has 1 aromatic carbocycles. The number of carbonyl (C=O) groups excluding carboxylic acids is 1. The van der Waals surface area contributed by atoms with E-state index in [1.54, 1.807) is 11.0 Å². The molecule has 26 heavy (non-hydrogen) atoms. The van der Waals surface area contributed by atoms with E-state index in [-0.39, 0.29) is 24.3 Å². The molecule has 1 aliphatic heterocycles. The fraction of sp³-hybridized carbons (Fsp3) is 0.650. The Morgan fingerprint density at radius 2 is 1.96 bits per heavy atom. The lowest BCUT2D eigenvalue weighted by Crippen LogP contribution is -2.56. The first-order valence-corrected chi connectivity index (χ1v) is 9.59. The van der Waals surface area contributed by atoms with E-state index in [1.807, 2.05) is 18.2 Å². The van der Waals surface area contributed by atoms with Crippen LogP contribution in [0.2, 0.25) is 0 Å². The number of rotatable bonds is 4. The fourth-order valence-electron chi connectivity index (χ4n) is 4.25. The highest BCUT2D eigenvalue weighted by Crippen LogP contribution is 2.37. The van der Waals surface area contributed by atoms with Crippen LogP contribution in [-0.2, 0) is 9.47 Å². The van der Waals surface area contributed by atoms with Crippen LogP contribution in [0.3, 0.4) is 0 Å². The number of amides is 1. The van der Waals surface area contributed by atoms with Gasteiger partial charge in [-0.3, -0.25) is 0 Å². The molecule has 1 aliphatic carbocycles. The Balaban J connectivity index is 1.51. The van der Waals surface area contributed by atoms with Gasteiger partial charge < -0.3 is 25.2 Å². The summed E-state index contributed by atoms with van der Waals surface area (Å²) in [5.41, 5.74) is 7.27. The first kappa shape index (κ1) is 19.0. The van der Waals surface area contributed by atoms with Crippen molar-refractivity contribution >= 4 is 6.09 Å². The van der Waals surface area contributed by atoms with Crippen molar-refractivity contribution < 1.29 is 19.4 Å². The smallest absolute Gasteiger partial charge is 0.409 e. The molecule has 0 aromatic heterocycles. The fourth-order valence-corrected chi connectivity index (χ4v) is 4.25. The van der Waals surface area contributed by atoms with Crippen molar-refractivity contribution in [1.29, 1.82) is 0 Å². The van der Waals surface area contributed by atoms with Crippen LogP contribution >= 0.6 is 0 Å². The van der Waals surface area contributed by atoms with Crippen LogP contribution in [0.15, 0.2) is 24.3 Å². The zero-order valence-corrected chi connectivity index (χ0v) is 15.5. The van der Waals surface area contributed by atoms with E-state index >= 15 is 0 Å². The molecule has 1 heterocycles. The topological polar surface area (TPSA) is 85.0 Å². The Kier molecular flexibility index (Phi) is 6.38. The molecule has 2 fully saturated rings. The van der Waals surface area contributed by atoms with Crippen molar-refractivity contribution in [1.82, 2.24) is 4.90 Å². The molecule has 0 spiro atoms. The van der Waals surface area contributed by atoms with Gasteiger partial charge in [0.15, 0.2) is 0 Å². The van der Waals surface area contributed by atoms with Crippen LogP contribution in [0.5, 0.6) is 5.75 Å². The number of phenolic OH excluding ortho intramolecular Hbond substituents is 1. The Hall–Kier alpha value is -1.79. The number of hydrogen-bond acceptors (Lipinski definition) is 5. The van der Waals surface area contributed by atoms with Gasteiger partial charge in [-0.15, -0.1) is 0 Å². The van der Waals surface area contributed by atoms with E-state index < -0.39 is 0 Å². The Morgan fingerprint density at radius 1 is 1.23 bits per heavy atom. The SMILES string of the molecule is COC(=O)N1CCC[C@H](N)[C@@H]1COC1CCC(c2ccccc2O)CC1. The summed E-state index contributed by atoms with van der Waals surface area (Å²) in [5.74, 6) is 0.776. The number of hydrogen-bond donors (Lipinski definition) is 2. The second kappa shape index (κ2) is 8.73. The summed E-state index contributed by atoms with van der Waals surface area (Å²) in [6.07, 6.45) is 5.58. The van der Waals surface area contributed by atoms with Gasteiger partial charge >= 0.3 is 6.09 Å². The van der Waals surface area contributed by atoms with Crippen LogP contribution in [0, 0.1) is 0 Å². The maximum absolute atomic E-state index is 12.0. The summed E-state index contributed by atoms with van der Waals surface area (Å²) in [7, 11) is 1.40. The number of aromatic hydroxyl groups is 1. The molecule has 1 saturated carbocycles. The molecular formula is C20H30N2O4. The van der Waals surface area contributed by atoms with Gasteiger partial charge in [0.05, 0.1) is 25.9 Å². The Morgan fingerprint density at radius 3 is 2.65 bits per heavy atom. The van der Waals surface area contributed by atoms with Gasteiger partial charge in [-0.2, -0.15) is 0 Å². The quantitative estimate of drug-likeness (QED) is 0.860. The van der Waals surface area contributed by atoms with Crippen LogP contribution in [0.25, 0.3) is 0 Å². The summed E-state index contributed by atoms with van der Waals surface area (Å²) < 4.78 is 11.0.